The standard InChI is InChI=1S/C28H28FN5O3S2/c1-39(35,36)13-11-30-15-24-19-38-28(33-24)34-12-10-21-14-31-16-27(26(21)17-34)32-23-6-8-25(9-7-23)37-18-20-2-4-22(29)5-3-20/h2-10,12,14,16-17,19,30-32H,11,13,15,18H2,1H3. The van der Waals surface area contributed by atoms with Gasteiger partial charge in [-0.05, 0) is 48.0 Å². The smallest absolute Gasteiger partial charge is 0.193 e. The summed E-state index contributed by atoms with van der Waals surface area (Å²) in [7, 11) is -2.99. The highest BCUT2D eigenvalue weighted by atomic mass is 32.2. The highest BCUT2D eigenvalue weighted by molar-refractivity contribution is 7.90. The van der Waals surface area contributed by atoms with E-state index in [1.54, 1.807) is 12.1 Å². The van der Waals surface area contributed by atoms with Crippen LogP contribution >= 0.6 is 11.3 Å². The molecule has 0 amide bonds. The van der Waals surface area contributed by atoms with Gasteiger partial charge in [0, 0.05) is 66.4 Å². The van der Waals surface area contributed by atoms with E-state index in [1.807, 2.05) is 65.4 Å². The molecule has 8 nitrogen and oxygen atoms in total. The number of dihydropyridines is 1. The number of allylic oxidation sites excluding steroid dienone is 2. The number of sulfone groups is 1. The highest BCUT2D eigenvalue weighted by Gasteiger charge is 2.20. The number of halogens is 1. The van der Waals surface area contributed by atoms with Gasteiger partial charge in [-0.25, -0.2) is 17.8 Å². The summed E-state index contributed by atoms with van der Waals surface area (Å²) in [4.78, 5) is 6.67. The molecule has 1 aromatic heterocycles. The van der Waals surface area contributed by atoms with Gasteiger partial charge in [0.2, 0.25) is 0 Å². The molecule has 202 valence electrons. The molecule has 0 saturated carbocycles. The lowest BCUT2D eigenvalue weighted by Gasteiger charge is -2.26. The molecule has 0 aliphatic carbocycles. The molecule has 0 bridgehead atoms. The van der Waals surface area contributed by atoms with Crippen molar-refractivity contribution in [2.45, 2.75) is 13.2 Å². The van der Waals surface area contributed by atoms with Crippen LogP contribution in [0, 0.1) is 5.82 Å². The molecular formula is C28H28FN5O3S2. The highest BCUT2D eigenvalue weighted by Crippen LogP contribution is 2.32. The molecule has 0 atom stereocenters. The molecule has 0 radical (unpaired) electrons. The van der Waals surface area contributed by atoms with Crippen LogP contribution in [0.5, 0.6) is 5.75 Å². The predicted octanol–water partition coefficient (Wildman–Crippen LogP) is 4.65. The zero-order chi connectivity index (χ0) is 27.2. The lowest BCUT2D eigenvalue weighted by atomic mass is 10.0. The first-order valence-corrected chi connectivity index (χ1v) is 15.2. The second kappa shape index (κ2) is 11.9. The first-order chi connectivity index (χ1) is 18.8. The van der Waals surface area contributed by atoms with Crippen molar-refractivity contribution in [2.24, 2.45) is 0 Å². The van der Waals surface area contributed by atoms with E-state index >= 15 is 0 Å². The normalized spacial score (nSPS) is 14.6. The van der Waals surface area contributed by atoms with Crippen molar-refractivity contribution >= 4 is 32.0 Å². The second-order valence-electron chi connectivity index (χ2n) is 9.08. The Morgan fingerprint density at radius 2 is 1.90 bits per heavy atom. The van der Waals surface area contributed by atoms with Crippen LogP contribution in [0.4, 0.5) is 15.2 Å². The number of fused-ring (bicyclic) bond motifs is 1. The van der Waals surface area contributed by atoms with Gasteiger partial charge in [0.25, 0.3) is 0 Å². The van der Waals surface area contributed by atoms with Crippen molar-refractivity contribution in [2.75, 3.05) is 28.8 Å². The molecular weight excluding hydrogens is 537 g/mol. The second-order valence-corrected chi connectivity index (χ2v) is 12.2. The summed E-state index contributed by atoms with van der Waals surface area (Å²) in [6, 6.07) is 13.9. The molecule has 0 saturated heterocycles. The topological polar surface area (TPSA) is 95.6 Å². The van der Waals surface area contributed by atoms with E-state index < -0.39 is 9.84 Å². The number of thiazole rings is 1. The lowest BCUT2D eigenvalue weighted by molar-refractivity contribution is 0.306. The number of ether oxygens (including phenoxy) is 1. The lowest BCUT2D eigenvalue weighted by Crippen LogP contribution is -2.22. The third-order valence-corrected chi connectivity index (χ3v) is 7.77. The Morgan fingerprint density at radius 3 is 2.67 bits per heavy atom. The molecule has 3 N–H and O–H groups in total. The number of aromatic nitrogens is 1. The number of nitrogens with zero attached hydrogens (tertiary/aromatic N) is 2. The van der Waals surface area contributed by atoms with Crippen molar-refractivity contribution in [3.63, 3.8) is 0 Å². The van der Waals surface area contributed by atoms with Crippen molar-refractivity contribution < 1.29 is 17.5 Å². The van der Waals surface area contributed by atoms with Crippen LogP contribution in [-0.2, 0) is 23.0 Å². The van der Waals surface area contributed by atoms with Crippen LogP contribution in [0.2, 0.25) is 0 Å². The number of benzene rings is 2. The summed E-state index contributed by atoms with van der Waals surface area (Å²) in [5.41, 5.74) is 5.61. The first-order valence-electron chi connectivity index (χ1n) is 12.3. The van der Waals surface area contributed by atoms with Gasteiger partial charge < -0.3 is 20.7 Å². The average Bonchev–Trinajstić information content (AvgIpc) is 3.40. The summed E-state index contributed by atoms with van der Waals surface area (Å²) < 4.78 is 41.5. The van der Waals surface area contributed by atoms with E-state index in [9.17, 15) is 12.8 Å². The van der Waals surface area contributed by atoms with Crippen LogP contribution in [0.3, 0.4) is 0 Å². The van der Waals surface area contributed by atoms with Crippen LogP contribution in [-0.4, -0.2) is 32.0 Å². The minimum atomic E-state index is -2.99. The summed E-state index contributed by atoms with van der Waals surface area (Å²) in [6.07, 6.45) is 11.1. The fourth-order valence-corrected chi connectivity index (χ4v) is 5.18. The summed E-state index contributed by atoms with van der Waals surface area (Å²) in [6.45, 7) is 1.26. The van der Waals surface area contributed by atoms with Gasteiger partial charge in [-0.1, -0.05) is 12.1 Å². The molecule has 3 aromatic rings. The molecule has 2 aliphatic heterocycles. The van der Waals surface area contributed by atoms with Crippen molar-refractivity contribution in [3.8, 4) is 5.75 Å². The fourth-order valence-electron chi connectivity index (χ4n) is 3.88. The van der Waals surface area contributed by atoms with Crippen molar-refractivity contribution in [1.82, 2.24) is 15.6 Å². The number of hydrogen-bond donors (Lipinski definition) is 3. The van der Waals surface area contributed by atoms with Gasteiger partial charge in [-0.3, -0.25) is 4.90 Å². The maximum absolute atomic E-state index is 13.1. The molecule has 2 aromatic carbocycles. The van der Waals surface area contributed by atoms with Crippen molar-refractivity contribution in [1.29, 1.82) is 0 Å². The summed E-state index contributed by atoms with van der Waals surface area (Å²) in [5.74, 6) is 0.553. The molecule has 39 heavy (non-hydrogen) atoms. The van der Waals surface area contributed by atoms with E-state index in [-0.39, 0.29) is 11.6 Å². The molecule has 0 unspecified atom stereocenters. The van der Waals surface area contributed by atoms with Crippen molar-refractivity contribution in [3.05, 3.63) is 119 Å². The van der Waals surface area contributed by atoms with Gasteiger partial charge >= 0.3 is 0 Å². The van der Waals surface area contributed by atoms with E-state index in [1.165, 1.54) is 29.7 Å². The molecule has 11 heteroatoms. The van der Waals surface area contributed by atoms with Gasteiger partial charge in [0.1, 0.15) is 28.0 Å². The maximum Gasteiger partial charge on any atom is 0.193 e. The monoisotopic (exact) mass is 565 g/mol. The number of hydrogen-bond acceptors (Lipinski definition) is 9. The van der Waals surface area contributed by atoms with Gasteiger partial charge in [0.15, 0.2) is 5.13 Å². The van der Waals surface area contributed by atoms with E-state index in [2.05, 4.69) is 16.0 Å². The van der Waals surface area contributed by atoms with Crippen LogP contribution in [0.1, 0.15) is 11.3 Å². The largest absolute Gasteiger partial charge is 0.489 e. The number of anilines is 2. The minimum absolute atomic E-state index is 0.0992. The Morgan fingerprint density at radius 1 is 1.10 bits per heavy atom. The third-order valence-electron chi connectivity index (χ3n) is 5.92. The Balaban J connectivity index is 1.20. The van der Waals surface area contributed by atoms with Crippen LogP contribution in [0.15, 0.2) is 102 Å². The average molecular weight is 566 g/mol. The Hall–Kier alpha value is -3.93. The summed E-state index contributed by atoms with van der Waals surface area (Å²) >= 11 is 1.52. The Labute approximate surface area is 231 Å². The molecule has 5 rings (SSSR count). The van der Waals surface area contributed by atoms with Crippen LogP contribution < -0.4 is 25.6 Å². The third kappa shape index (κ3) is 7.34. The number of nitrogens with one attached hydrogen (secondary N) is 3. The molecule has 0 fully saturated rings. The zero-order valence-electron chi connectivity index (χ0n) is 21.2. The van der Waals surface area contributed by atoms with Gasteiger partial charge in [-0.15, -0.1) is 11.3 Å². The number of rotatable bonds is 11. The van der Waals surface area contributed by atoms with Gasteiger partial charge in [-0.2, -0.15) is 0 Å². The SMILES string of the molecule is CS(=O)(=O)CCNCc1csc(N2C=CC3=CNC=C(Nc4ccc(OCc5ccc(F)cc5)cc4)C3=C2)n1. The summed E-state index contributed by atoms with van der Waals surface area (Å²) in [5, 5.41) is 12.6. The molecule has 3 heterocycles. The Bertz CT molecular complexity index is 1540. The van der Waals surface area contributed by atoms with E-state index in [4.69, 9.17) is 9.72 Å². The fraction of sp³-hybridized carbons (Fsp3) is 0.179. The minimum Gasteiger partial charge on any atom is -0.489 e. The zero-order valence-corrected chi connectivity index (χ0v) is 22.9. The molecule has 2 aliphatic rings. The van der Waals surface area contributed by atoms with E-state index in [0.717, 1.165) is 44.7 Å². The Kier molecular flexibility index (Phi) is 8.10. The quantitative estimate of drug-likeness (QED) is 0.289. The maximum atomic E-state index is 13.1. The van der Waals surface area contributed by atoms with Gasteiger partial charge in [0.05, 0.1) is 17.1 Å². The molecule has 0 spiro atoms. The van der Waals surface area contributed by atoms with Crippen LogP contribution in [0.25, 0.3) is 0 Å². The van der Waals surface area contributed by atoms with E-state index in [0.29, 0.717) is 19.7 Å². The predicted molar refractivity (Wildman–Crippen MR) is 153 cm³/mol. The first kappa shape index (κ1) is 26.7.